The Balaban J connectivity index is 1.72. The Bertz CT molecular complexity index is 721. The second-order valence-corrected chi connectivity index (χ2v) is 7.39. The molecule has 0 N–H and O–H groups in total. The third-order valence-corrected chi connectivity index (χ3v) is 5.39. The highest BCUT2D eigenvalue weighted by Gasteiger charge is 2.28. The number of hydrogen-bond acceptors (Lipinski definition) is 6. The summed E-state index contributed by atoms with van der Waals surface area (Å²) < 4.78 is 10.7. The Morgan fingerprint density at radius 1 is 1.42 bits per heavy atom. The van der Waals surface area contributed by atoms with Crippen molar-refractivity contribution in [2.75, 3.05) is 33.4 Å². The van der Waals surface area contributed by atoms with Gasteiger partial charge < -0.3 is 14.4 Å². The van der Waals surface area contributed by atoms with Crippen LogP contribution in [-0.2, 0) is 16.1 Å². The van der Waals surface area contributed by atoms with Crippen LogP contribution in [0.15, 0.2) is 23.7 Å². The molecule has 0 bridgehead atoms. The molecule has 7 heteroatoms. The van der Waals surface area contributed by atoms with E-state index in [0.717, 1.165) is 41.3 Å². The lowest BCUT2D eigenvalue weighted by Crippen LogP contribution is -2.39. The summed E-state index contributed by atoms with van der Waals surface area (Å²) in [5.41, 5.74) is 2.01. The van der Waals surface area contributed by atoms with Gasteiger partial charge >= 0.3 is 0 Å². The van der Waals surface area contributed by atoms with E-state index in [1.165, 1.54) is 11.3 Å². The molecule has 3 heterocycles. The highest BCUT2D eigenvalue weighted by molar-refractivity contribution is 7.12. The normalized spacial score (nSPS) is 17.5. The number of carbonyl (C=O) groups excluding carboxylic acids is 1. The predicted octanol–water partition coefficient (Wildman–Crippen LogP) is 3.03. The van der Waals surface area contributed by atoms with Gasteiger partial charge in [0.05, 0.1) is 30.4 Å². The third kappa shape index (κ3) is 4.66. The van der Waals surface area contributed by atoms with Crippen LogP contribution >= 0.6 is 11.3 Å². The van der Waals surface area contributed by atoms with Crippen molar-refractivity contribution in [2.24, 2.45) is 0 Å². The maximum absolute atomic E-state index is 12.7. The van der Waals surface area contributed by atoms with Gasteiger partial charge in [-0.25, -0.2) is 9.97 Å². The van der Waals surface area contributed by atoms with Crippen molar-refractivity contribution in [1.82, 2.24) is 14.9 Å². The summed E-state index contributed by atoms with van der Waals surface area (Å²) in [6.45, 7) is 4.96. The number of thiophene rings is 1. The van der Waals surface area contributed by atoms with E-state index in [-0.39, 0.29) is 11.8 Å². The summed E-state index contributed by atoms with van der Waals surface area (Å²) >= 11 is 1.49. The second-order valence-electron chi connectivity index (χ2n) is 6.44. The van der Waals surface area contributed by atoms with E-state index in [1.54, 1.807) is 7.11 Å². The zero-order chi connectivity index (χ0) is 18.4. The van der Waals surface area contributed by atoms with Crippen molar-refractivity contribution in [3.05, 3.63) is 45.7 Å². The van der Waals surface area contributed by atoms with E-state index in [2.05, 4.69) is 4.98 Å². The summed E-state index contributed by atoms with van der Waals surface area (Å²) in [7, 11) is 1.66. The summed E-state index contributed by atoms with van der Waals surface area (Å²) in [5, 5.41) is 1.94. The number of amides is 1. The fraction of sp³-hybridized carbons (Fsp3) is 0.526. The van der Waals surface area contributed by atoms with Crippen molar-refractivity contribution in [3.63, 3.8) is 0 Å². The Kier molecular flexibility index (Phi) is 6.71. The van der Waals surface area contributed by atoms with Gasteiger partial charge in [-0.05, 0) is 31.2 Å². The summed E-state index contributed by atoms with van der Waals surface area (Å²) in [4.78, 5) is 24.5. The van der Waals surface area contributed by atoms with Gasteiger partial charge in [0.2, 0.25) is 0 Å². The fourth-order valence-electron chi connectivity index (χ4n) is 3.24. The lowest BCUT2D eigenvalue weighted by atomic mass is 9.92. The smallest absolute Gasteiger partial charge is 0.263 e. The van der Waals surface area contributed by atoms with Crippen molar-refractivity contribution < 1.29 is 14.3 Å². The summed E-state index contributed by atoms with van der Waals surface area (Å²) in [5.74, 6) is 1.09. The first-order chi connectivity index (χ1) is 12.7. The molecule has 1 saturated heterocycles. The molecule has 2 aromatic heterocycles. The van der Waals surface area contributed by atoms with Gasteiger partial charge in [0.1, 0.15) is 5.82 Å². The van der Waals surface area contributed by atoms with Crippen LogP contribution in [0.3, 0.4) is 0 Å². The maximum Gasteiger partial charge on any atom is 0.263 e. The number of piperidine rings is 1. The molecule has 2 aromatic rings. The first kappa shape index (κ1) is 18.9. The van der Waals surface area contributed by atoms with Crippen LogP contribution in [-0.4, -0.2) is 54.2 Å². The molecule has 0 aromatic carbocycles. The van der Waals surface area contributed by atoms with E-state index in [9.17, 15) is 4.79 Å². The number of nitrogens with zero attached hydrogens (tertiary/aromatic N) is 3. The number of aryl methyl sites for hydroxylation is 1. The number of aromatic nitrogens is 2. The largest absolute Gasteiger partial charge is 0.382 e. The van der Waals surface area contributed by atoms with Crippen LogP contribution in [0.4, 0.5) is 0 Å². The van der Waals surface area contributed by atoms with Crippen molar-refractivity contribution >= 4 is 17.2 Å². The van der Waals surface area contributed by atoms with Gasteiger partial charge in [0.15, 0.2) is 0 Å². The Morgan fingerprint density at radius 2 is 2.31 bits per heavy atom. The molecule has 6 nitrogen and oxygen atoms in total. The van der Waals surface area contributed by atoms with Crippen molar-refractivity contribution in [1.29, 1.82) is 0 Å². The van der Waals surface area contributed by atoms with Crippen LogP contribution in [0.25, 0.3) is 0 Å². The molecule has 0 spiro atoms. The van der Waals surface area contributed by atoms with Gasteiger partial charge in [0.25, 0.3) is 5.91 Å². The van der Waals surface area contributed by atoms with Gasteiger partial charge in [-0.3, -0.25) is 4.79 Å². The monoisotopic (exact) mass is 375 g/mol. The lowest BCUT2D eigenvalue weighted by Gasteiger charge is -2.33. The highest BCUT2D eigenvalue weighted by atomic mass is 32.1. The minimum atomic E-state index is 0.119. The van der Waals surface area contributed by atoms with Gasteiger partial charge in [-0.1, -0.05) is 6.07 Å². The minimum absolute atomic E-state index is 0.119. The number of ether oxygens (including phenoxy) is 2. The zero-order valence-electron chi connectivity index (χ0n) is 15.3. The van der Waals surface area contributed by atoms with Gasteiger partial charge in [-0.15, -0.1) is 11.3 Å². The molecular formula is C19H25N3O3S. The first-order valence-electron chi connectivity index (χ1n) is 8.91. The molecule has 1 amide bonds. The van der Waals surface area contributed by atoms with Crippen LogP contribution in [0.2, 0.25) is 0 Å². The molecule has 1 aliphatic rings. The SMILES string of the molecule is COCCOCc1cnc(C)nc1C1CCCN(C(=O)c2cccs2)C1. The molecule has 0 aliphatic carbocycles. The lowest BCUT2D eigenvalue weighted by molar-refractivity contribution is 0.0603. The molecule has 1 aliphatic heterocycles. The van der Waals surface area contributed by atoms with E-state index in [4.69, 9.17) is 14.5 Å². The Hall–Kier alpha value is -1.83. The summed E-state index contributed by atoms with van der Waals surface area (Å²) in [6, 6.07) is 3.81. The average molecular weight is 375 g/mol. The van der Waals surface area contributed by atoms with E-state index >= 15 is 0 Å². The standard InChI is InChI=1S/C19H25N3O3S/c1-14-20-11-16(13-25-9-8-24-2)18(21-14)15-5-3-7-22(12-15)19(23)17-6-4-10-26-17/h4,6,10-11,15H,3,5,7-9,12-13H2,1-2H3. The van der Waals surface area contributed by atoms with Crippen LogP contribution in [0.1, 0.15) is 45.5 Å². The van der Waals surface area contributed by atoms with Crippen molar-refractivity contribution in [2.45, 2.75) is 32.3 Å². The van der Waals surface area contributed by atoms with Crippen LogP contribution < -0.4 is 0 Å². The van der Waals surface area contributed by atoms with E-state index < -0.39 is 0 Å². The van der Waals surface area contributed by atoms with Gasteiger partial charge in [0, 0.05) is 37.9 Å². The number of likely N-dealkylation sites (tertiary alicyclic amines) is 1. The number of carbonyl (C=O) groups is 1. The number of rotatable bonds is 7. The molecule has 26 heavy (non-hydrogen) atoms. The molecule has 1 fully saturated rings. The quantitative estimate of drug-likeness (QED) is 0.696. The Labute approximate surface area is 158 Å². The second kappa shape index (κ2) is 9.21. The molecular weight excluding hydrogens is 350 g/mol. The molecule has 3 rings (SSSR count). The first-order valence-corrected chi connectivity index (χ1v) is 9.79. The predicted molar refractivity (Wildman–Crippen MR) is 100 cm³/mol. The van der Waals surface area contributed by atoms with E-state index in [0.29, 0.717) is 26.4 Å². The highest BCUT2D eigenvalue weighted by Crippen LogP contribution is 2.29. The molecule has 1 atom stereocenters. The zero-order valence-corrected chi connectivity index (χ0v) is 16.1. The molecule has 0 radical (unpaired) electrons. The van der Waals surface area contributed by atoms with Gasteiger partial charge in [-0.2, -0.15) is 0 Å². The molecule has 1 unspecified atom stereocenters. The van der Waals surface area contributed by atoms with Crippen LogP contribution in [0, 0.1) is 6.92 Å². The molecule has 140 valence electrons. The fourth-order valence-corrected chi connectivity index (χ4v) is 3.93. The molecule has 0 saturated carbocycles. The third-order valence-electron chi connectivity index (χ3n) is 4.54. The number of hydrogen-bond donors (Lipinski definition) is 0. The average Bonchev–Trinajstić information content (AvgIpc) is 3.20. The summed E-state index contributed by atoms with van der Waals surface area (Å²) in [6.07, 6.45) is 3.86. The van der Waals surface area contributed by atoms with E-state index in [1.807, 2.05) is 35.5 Å². The Morgan fingerprint density at radius 3 is 3.08 bits per heavy atom. The minimum Gasteiger partial charge on any atom is -0.382 e. The van der Waals surface area contributed by atoms with Crippen LogP contribution in [0.5, 0.6) is 0 Å². The topological polar surface area (TPSA) is 64.6 Å². The number of methoxy groups -OCH3 is 1. The van der Waals surface area contributed by atoms with Crippen molar-refractivity contribution in [3.8, 4) is 0 Å². The maximum atomic E-state index is 12.7.